The van der Waals surface area contributed by atoms with Crippen molar-refractivity contribution in [3.8, 4) is 0 Å². The van der Waals surface area contributed by atoms with Gasteiger partial charge < -0.3 is 15.2 Å². The molecular weight excluding hydrogens is 210 g/mol. The Hall–Kier alpha value is -1.52. The molecule has 1 amide bonds. The van der Waals surface area contributed by atoms with Crippen molar-refractivity contribution in [3.05, 3.63) is 12.7 Å². The highest BCUT2D eigenvalue weighted by molar-refractivity contribution is 5.80. The largest absolute Gasteiger partial charge is 0.480 e. The lowest BCUT2D eigenvalue weighted by atomic mass is 9.90. The quantitative estimate of drug-likeness (QED) is 0.679. The van der Waals surface area contributed by atoms with Gasteiger partial charge in [0.2, 0.25) is 0 Å². The zero-order chi connectivity index (χ0) is 12.7. The molecule has 0 saturated carbocycles. The van der Waals surface area contributed by atoms with Crippen LogP contribution in [-0.4, -0.2) is 29.8 Å². The summed E-state index contributed by atoms with van der Waals surface area (Å²) in [5.41, 5.74) is 0. The minimum atomic E-state index is -1.06. The first-order valence-corrected chi connectivity index (χ1v) is 5.17. The van der Waals surface area contributed by atoms with Gasteiger partial charge >= 0.3 is 12.1 Å². The number of aliphatic carboxylic acids is 1. The second-order valence-corrected chi connectivity index (χ2v) is 3.95. The fourth-order valence-electron chi connectivity index (χ4n) is 1.11. The van der Waals surface area contributed by atoms with Crippen molar-refractivity contribution in [2.24, 2.45) is 11.8 Å². The molecule has 5 heteroatoms. The lowest BCUT2D eigenvalue weighted by Gasteiger charge is -2.23. The van der Waals surface area contributed by atoms with Crippen LogP contribution in [0.3, 0.4) is 0 Å². The molecule has 0 saturated heterocycles. The lowest BCUT2D eigenvalue weighted by molar-refractivity contribution is -0.141. The number of carbonyl (C=O) groups excluding carboxylic acids is 1. The van der Waals surface area contributed by atoms with Crippen LogP contribution in [0, 0.1) is 11.8 Å². The molecule has 2 unspecified atom stereocenters. The normalized spacial score (nSPS) is 14.0. The maximum atomic E-state index is 11.2. The fourth-order valence-corrected chi connectivity index (χ4v) is 1.11. The lowest BCUT2D eigenvalue weighted by Crippen LogP contribution is -2.46. The molecular formula is C11H19NO4. The zero-order valence-corrected chi connectivity index (χ0v) is 9.90. The van der Waals surface area contributed by atoms with E-state index in [2.05, 4.69) is 16.6 Å². The van der Waals surface area contributed by atoms with Crippen molar-refractivity contribution in [3.63, 3.8) is 0 Å². The first-order valence-electron chi connectivity index (χ1n) is 5.17. The highest BCUT2D eigenvalue weighted by Crippen LogP contribution is 2.14. The number of nitrogens with one attached hydrogen (secondary N) is 1. The molecule has 16 heavy (non-hydrogen) atoms. The maximum Gasteiger partial charge on any atom is 0.408 e. The number of alkyl carbamates (subject to hydrolysis) is 1. The fraction of sp³-hybridized carbons (Fsp3) is 0.636. The molecule has 2 atom stereocenters. The Balaban J connectivity index is 4.39. The number of ether oxygens (including phenoxy) is 1. The maximum absolute atomic E-state index is 11.2. The second-order valence-electron chi connectivity index (χ2n) is 3.95. The smallest absolute Gasteiger partial charge is 0.408 e. The Kier molecular flexibility index (Phi) is 6.22. The van der Waals surface area contributed by atoms with Gasteiger partial charge in [-0.3, -0.25) is 0 Å². The highest BCUT2D eigenvalue weighted by Gasteiger charge is 2.28. The van der Waals surface area contributed by atoms with Crippen LogP contribution in [0.1, 0.15) is 20.8 Å². The molecule has 0 aromatic carbocycles. The minimum absolute atomic E-state index is 0.0637. The Morgan fingerprint density at radius 2 is 2.00 bits per heavy atom. The average Bonchev–Trinajstić information content (AvgIpc) is 2.21. The van der Waals surface area contributed by atoms with E-state index in [-0.39, 0.29) is 18.4 Å². The van der Waals surface area contributed by atoms with E-state index < -0.39 is 18.1 Å². The molecule has 0 spiro atoms. The van der Waals surface area contributed by atoms with Crippen LogP contribution in [0.4, 0.5) is 4.79 Å². The van der Waals surface area contributed by atoms with Crippen molar-refractivity contribution in [1.82, 2.24) is 5.32 Å². The third-order valence-corrected chi connectivity index (χ3v) is 2.45. The minimum Gasteiger partial charge on any atom is -0.480 e. The Labute approximate surface area is 95.5 Å². The number of hydrogen-bond donors (Lipinski definition) is 2. The van der Waals surface area contributed by atoms with Crippen molar-refractivity contribution in [2.75, 3.05) is 6.61 Å². The summed E-state index contributed by atoms with van der Waals surface area (Å²) in [5, 5.41) is 11.3. The molecule has 0 rings (SSSR count). The van der Waals surface area contributed by atoms with Crippen LogP contribution >= 0.6 is 0 Å². The van der Waals surface area contributed by atoms with Gasteiger partial charge in [0.1, 0.15) is 12.6 Å². The SMILES string of the molecule is C=CCOC(=O)NC(C(=O)O)C(C)C(C)C. The summed E-state index contributed by atoms with van der Waals surface area (Å²) in [4.78, 5) is 22.2. The topological polar surface area (TPSA) is 75.6 Å². The van der Waals surface area contributed by atoms with Gasteiger partial charge in [-0.25, -0.2) is 9.59 Å². The van der Waals surface area contributed by atoms with E-state index in [4.69, 9.17) is 5.11 Å². The second kappa shape index (κ2) is 6.87. The Morgan fingerprint density at radius 3 is 2.38 bits per heavy atom. The predicted molar refractivity (Wildman–Crippen MR) is 60.1 cm³/mol. The van der Waals surface area contributed by atoms with Gasteiger partial charge in [-0.15, -0.1) is 0 Å². The molecule has 2 N–H and O–H groups in total. The van der Waals surface area contributed by atoms with Gasteiger partial charge in [0.15, 0.2) is 0 Å². The van der Waals surface area contributed by atoms with Crippen molar-refractivity contribution in [2.45, 2.75) is 26.8 Å². The number of amides is 1. The van der Waals surface area contributed by atoms with E-state index in [9.17, 15) is 9.59 Å². The predicted octanol–water partition coefficient (Wildman–Crippen LogP) is 1.64. The van der Waals surface area contributed by atoms with Crippen LogP contribution in [0.25, 0.3) is 0 Å². The summed E-state index contributed by atoms with van der Waals surface area (Å²) in [6.45, 7) is 9.03. The Bertz CT molecular complexity index is 263. The highest BCUT2D eigenvalue weighted by atomic mass is 16.5. The third kappa shape index (κ3) is 4.82. The van der Waals surface area contributed by atoms with E-state index >= 15 is 0 Å². The van der Waals surface area contributed by atoms with Crippen LogP contribution in [0.15, 0.2) is 12.7 Å². The first-order chi connectivity index (χ1) is 7.40. The van der Waals surface area contributed by atoms with Crippen LogP contribution in [0.2, 0.25) is 0 Å². The molecule has 5 nitrogen and oxygen atoms in total. The number of carboxylic acids is 1. The molecule has 92 valence electrons. The van der Waals surface area contributed by atoms with Crippen LogP contribution < -0.4 is 5.32 Å². The van der Waals surface area contributed by atoms with Gasteiger partial charge in [-0.05, 0) is 11.8 Å². The standard InChI is InChI=1S/C11H19NO4/c1-5-6-16-11(15)12-9(10(13)14)8(4)7(2)3/h5,7-9H,1,6H2,2-4H3,(H,12,15)(H,13,14). The summed E-state index contributed by atoms with van der Waals surface area (Å²) in [5.74, 6) is -1.08. The number of hydrogen-bond acceptors (Lipinski definition) is 3. The first kappa shape index (κ1) is 14.5. The monoisotopic (exact) mass is 229 g/mol. The number of rotatable bonds is 6. The third-order valence-electron chi connectivity index (χ3n) is 2.45. The summed E-state index contributed by atoms with van der Waals surface area (Å²) in [7, 11) is 0. The van der Waals surface area contributed by atoms with Crippen molar-refractivity contribution in [1.29, 1.82) is 0 Å². The summed E-state index contributed by atoms with van der Waals surface area (Å²) in [6.07, 6.45) is 0.682. The van der Waals surface area contributed by atoms with Crippen molar-refractivity contribution < 1.29 is 19.4 Å². The molecule has 0 heterocycles. The van der Waals surface area contributed by atoms with Crippen molar-refractivity contribution >= 4 is 12.1 Å². The molecule has 0 aromatic heterocycles. The van der Waals surface area contributed by atoms with Gasteiger partial charge in [0.25, 0.3) is 0 Å². The zero-order valence-electron chi connectivity index (χ0n) is 9.90. The molecule has 0 aromatic rings. The molecule has 0 bridgehead atoms. The van der Waals surface area contributed by atoms with E-state index in [0.29, 0.717) is 0 Å². The summed E-state index contributed by atoms with van der Waals surface area (Å²) < 4.78 is 4.67. The molecule has 0 radical (unpaired) electrons. The van der Waals surface area contributed by atoms with E-state index in [1.165, 1.54) is 6.08 Å². The van der Waals surface area contributed by atoms with E-state index in [1.54, 1.807) is 6.92 Å². The number of carbonyl (C=O) groups is 2. The number of carboxylic acid groups (broad SMARTS) is 1. The van der Waals surface area contributed by atoms with Gasteiger partial charge in [0.05, 0.1) is 0 Å². The molecule has 0 aliphatic heterocycles. The van der Waals surface area contributed by atoms with Gasteiger partial charge in [-0.1, -0.05) is 33.4 Å². The Morgan fingerprint density at radius 1 is 1.44 bits per heavy atom. The van der Waals surface area contributed by atoms with Crippen LogP contribution in [-0.2, 0) is 9.53 Å². The summed E-state index contributed by atoms with van der Waals surface area (Å²) in [6, 6.07) is -0.933. The van der Waals surface area contributed by atoms with E-state index in [0.717, 1.165) is 0 Å². The van der Waals surface area contributed by atoms with E-state index in [1.807, 2.05) is 13.8 Å². The molecule has 0 aliphatic rings. The summed E-state index contributed by atoms with van der Waals surface area (Å²) >= 11 is 0. The van der Waals surface area contributed by atoms with Crippen LogP contribution in [0.5, 0.6) is 0 Å². The van der Waals surface area contributed by atoms with Gasteiger partial charge in [-0.2, -0.15) is 0 Å². The van der Waals surface area contributed by atoms with Gasteiger partial charge in [0, 0.05) is 0 Å². The average molecular weight is 229 g/mol. The molecule has 0 aliphatic carbocycles. The molecule has 0 fully saturated rings.